The molecule has 0 aliphatic carbocycles. The van der Waals surface area contributed by atoms with Crippen molar-refractivity contribution in [3.8, 4) is 22.3 Å². The fourth-order valence-electron chi connectivity index (χ4n) is 2.06. The summed E-state index contributed by atoms with van der Waals surface area (Å²) in [5.74, 6) is 0.0221. The number of nitriles is 1. The Morgan fingerprint density at radius 3 is 2.35 bits per heavy atom. The topological polar surface area (TPSA) is 73.1 Å². The number of carbonyl (C=O) groups is 1. The normalized spacial score (nSPS) is 10.0. The van der Waals surface area contributed by atoms with E-state index in [2.05, 4.69) is 5.32 Å². The van der Waals surface area contributed by atoms with Crippen LogP contribution in [0.2, 0.25) is 0 Å². The van der Waals surface area contributed by atoms with Gasteiger partial charge in [-0.3, -0.25) is 4.79 Å². The zero-order valence-corrected chi connectivity index (χ0v) is 12.8. The maximum absolute atomic E-state index is 12.3. The van der Waals surface area contributed by atoms with E-state index < -0.39 is 0 Å². The molecule has 0 aliphatic heterocycles. The smallest absolute Gasteiger partial charge is 0.265 e. The lowest BCUT2D eigenvalue weighted by Crippen LogP contribution is -2.09. The van der Waals surface area contributed by atoms with Crippen molar-refractivity contribution in [3.63, 3.8) is 0 Å². The quantitative estimate of drug-likeness (QED) is 0.758. The third-order valence-corrected chi connectivity index (χ3v) is 4.39. The summed E-state index contributed by atoms with van der Waals surface area (Å²) in [5.41, 5.74) is 2.15. The minimum absolute atomic E-state index is 0.190. The average molecular weight is 320 g/mol. The van der Waals surface area contributed by atoms with Gasteiger partial charge in [-0.15, -0.1) is 11.3 Å². The number of carbonyl (C=O) groups excluding carboxylic acids is 1. The molecule has 23 heavy (non-hydrogen) atoms. The first-order valence-electron chi connectivity index (χ1n) is 6.86. The van der Waals surface area contributed by atoms with Crippen molar-refractivity contribution in [1.82, 2.24) is 0 Å². The van der Waals surface area contributed by atoms with Crippen LogP contribution >= 0.6 is 11.3 Å². The number of amides is 1. The number of rotatable bonds is 3. The number of nitrogens with one attached hydrogen (secondary N) is 1. The van der Waals surface area contributed by atoms with Crippen molar-refractivity contribution < 1.29 is 9.90 Å². The number of anilines is 1. The molecule has 0 aliphatic rings. The summed E-state index contributed by atoms with van der Waals surface area (Å²) in [5, 5.41) is 20.9. The summed E-state index contributed by atoms with van der Waals surface area (Å²) < 4.78 is 0. The lowest BCUT2D eigenvalue weighted by atomic mass is 10.2. The highest BCUT2D eigenvalue weighted by molar-refractivity contribution is 7.17. The third kappa shape index (κ3) is 3.39. The Morgan fingerprint density at radius 1 is 1.00 bits per heavy atom. The van der Waals surface area contributed by atoms with Gasteiger partial charge in [0.1, 0.15) is 5.75 Å². The Labute approximate surface area is 137 Å². The van der Waals surface area contributed by atoms with Crippen molar-refractivity contribution in [3.05, 3.63) is 71.1 Å². The average Bonchev–Trinajstić information content (AvgIpc) is 3.06. The van der Waals surface area contributed by atoms with Gasteiger partial charge >= 0.3 is 0 Å². The number of phenols is 1. The second-order valence-corrected chi connectivity index (χ2v) is 5.94. The van der Waals surface area contributed by atoms with Gasteiger partial charge in [0.15, 0.2) is 0 Å². The summed E-state index contributed by atoms with van der Waals surface area (Å²) in [4.78, 5) is 13.8. The van der Waals surface area contributed by atoms with Crippen LogP contribution in [0.5, 0.6) is 5.75 Å². The summed E-state index contributed by atoms with van der Waals surface area (Å²) in [6.45, 7) is 0. The first-order chi connectivity index (χ1) is 11.2. The van der Waals surface area contributed by atoms with Crippen molar-refractivity contribution in [2.45, 2.75) is 0 Å². The molecule has 1 aromatic heterocycles. The highest BCUT2D eigenvalue weighted by Crippen LogP contribution is 2.29. The van der Waals surface area contributed by atoms with Crippen molar-refractivity contribution in [2.24, 2.45) is 0 Å². The van der Waals surface area contributed by atoms with Crippen LogP contribution in [0.15, 0.2) is 60.7 Å². The van der Waals surface area contributed by atoms with Crippen molar-refractivity contribution in [2.75, 3.05) is 5.32 Å². The molecule has 2 aromatic carbocycles. The van der Waals surface area contributed by atoms with Crippen molar-refractivity contribution >= 4 is 22.9 Å². The maximum Gasteiger partial charge on any atom is 0.265 e. The van der Waals surface area contributed by atoms with Gasteiger partial charge in [-0.1, -0.05) is 0 Å². The summed E-state index contributed by atoms with van der Waals surface area (Å²) in [6, 6.07) is 19.3. The van der Waals surface area contributed by atoms with Crippen LogP contribution < -0.4 is 5.32 Å². The van der Waals surface area contributed by atoms with E-state index in [-0.39, 0.29) is 11.7 Å². The van der Waals surface area contributed by atoms with Gasteiger partial charge < -0.3 is 10.4 Å². The summed E-state index contributed by atoms with van der Waals surface area (Å²) in [7, 11) is 0. The molecule has 3 aromatic rings. The molecule has 4 nitrogen and oxygen atoms in total. The number of hydrogen-bond donors (Lipinski definition) is 2. The molecule has 0 bridgehead atoms. The molecular formula is C18H12N2O2S. The zero-order chi connectivity index (χ0) is 16.2. The van der Waals surface area contributed by atoms with E-state index in [1.807, 2.05) is 24.3 Å². The fraction of sp³-hybridized carbons (Fsp3) is 0. The molecule has 112 valence electrons. The number of nitrogens with zero attached hydrogens (tertiary/aromatic N) is 1. The summed E-state index contributed by atoms with van der Waals surface area (Å²) in [6.07, 6.45) is 0. The van der Waals surface area contributed by atoms with E-state index in [0.29, 0.717) is 16.1 Å². The van der Waals surface area contributed by atoms with E-state index in [1.54, 1.807) is 42.5 Å². The Hall–Kier alpha value is -3.10. The predicted octanol–water partition coefficient (Wildman–Crippen LogP) is 4.24. The molecule has 0 saturated carbocycles. The third-order valence-electron chi connectivity index (χ3n) is 3.25. The lowest BCUT2D eigenvalue weighted by molar-refractivity contribution is 0.103. The largest absolute Gasteiger partial charge is 0.508 e. The number of hydrogen-bond acceptors (Lipinski definition) is 4. The molecule has 0 atom stereocenters. The molecule has 1 amide bonds. The second-order valence-electron chi connectivity index (χ2n) is 4.85. The molecule has 0 fully saturated rings. The van der Waals surface area contributed by atoms with E-state index >= 15 is 0 Å². The molecule has 1 heterocycles. The molecule has 5 heteroatoms. The molecular weight excluding hydrogens is 308 g/mol. The predicted molar refractivity (Wildman–Crippen MR) is 90.5 cm³/mol. The number of thiophene rings is 1. The van der Waals surface area contributed by atoms with Gasteiger partial charge in [-0.25, -0.2) is 0 Å². The van der Waals surface area contributed by atoms with E-state index in [4.69, 9.17) is 5.26 Å². The zero-order valence-electron chi connectivity index (χ0n) is 12.0. The summed E-state index contributed by atoms with van der Waals surface area (Å²) >= 11 is 1.38. The Bertz CT molecular complexity index is 875. The minimum atomic E-state index is -0.190. The molecule has 0 saturated heterocycles. The standard InChI is InChI=1S/C18H12N2O2S/c19-11-12-1-5-14(6-2-12)20-18(22)17-10-9-16(23-17)13-3-7-15(21)8-4-13/h1-10,21H,(H,20,22). The number of phenolic OH excluding ortho intramolecular Hbond substituents is 1. The van der Waals surface area contributed by atoms with Crippen LogP contribution in [0.25, 0.3) is 10.4 Å². The highest BCUT2D eigenvalue weighted by atomic mass is 32.1. The van der Waals surface area contributed by atoms with Crippen LogP contribution in [0, 0.1) is 11.3 Å². The molecule has 0 radical (unpaired) electrons. The van der Waals surface area contributed by atoms with Gasteiger partial charge in [0.05, 0.1) is 16.5 Å². The minimum Gasteiger partial charge on any atom is -0.508 e. The Balaban J connectivity index is 1.75. The Kier molecular flexibility index (Phi) is 4.09. The molecule has 3 rings (SSSR count). The van der Waals surface area contributed by atoms with Gasteiger partial charge in [0.25, 0.3) is 5.91 Å². The SMILES string of the molecule is N#Cc1ccc(NC(=O)c2ccc(-c3ccc(O)cc3)s2)cc1. The maximum atomic E-state index is 12.3. The van der Waals surface area contributed by atoms with Crippen LogP contribution in [0.4, 0.5) is 5.69 Å². The molecule has 0 spiro atoms. The van der Waals surface area contributed by atoms with Gasteiger partial charge in [-0.05, 0) is 66.2 Å². The monoisotopic (exact) mass is 320 g/mol. The first kappa shape index (κ1) is 14.8. The van der Waals surface area contributed by atoms with Crippen LogP contribution in [-0.4, -0.2) is 11.0 Å². The highest BCUT2D eigenvalue weighted by Gasteiger charge is 2.10. The fourth-order valence-corrected chi connectivity index (χ4v) is 2.97. The van der Waals surface area contributed by atoms with Crippen molar-refractivity contribution in [1.29, 1.82) is 5.26 Å². The lowest BCUT2D eigenvalue weighted by Gasteiger charge is -2.03. The number of aromatic hydroxyl groups is 1. The second kappa shape index (κ2) is 6.34. The van der Waals surface area contributed by atoms with Crippen LogP contribution in [0.1, 0.15) is 15.2 Å². The van der Waals surface area contributed by atoms with Crippen LogP contribution in [0.3, 0.4) is 0 Å². The van der Waals surface area contributed by atoms with Gasteiger partial charge in [-0.2, -0.15) is 5.26 Å². The van der Waals surface area contributed by atoms with Gasteiger partial charge in [0, 0.05) is 10.6 Å². The van der Waals surface area contributed by atoms with E-state index in [0.717, 1.165) is 10.4 Å². The van der Waals surface area contributed by atoms with Crippen LogP contribution in [-0.2, 0) is 0 Å². The van der Waals surface area contributed by atoms with E-state index in [1.165, 1.54) is 11.3 Å². The Morgan fingerprint density at radius 2 is 1.70 bits per heavy atom. The van der Waals surface area contributed by atoms with Gasteiger partial charge in [0.2, 0.25) is 0 Å². The number of benzene rings is 2. The molecule has 2 N–H and O–H groups in total. The molecule has 0 unspecified atom stereocenters. The first-order valence-corrected chi connectivity index (χ1v) is 7.68. The van der Waals surface area contributed by atoms with E-state index in [9.17, 15) is 9.90 Å².